The molecule has 0 radical (unpaired) electrons. The van der Waals surface area contributed by atoms with Crippen LogP contribution in [-0.4, -0.2) is 18.4 Å². The second-order valence-corrected chi connectivity index (χ2v) is 6.69. The number of carbonyl (C=O) groups is 2. The summed E-state index contributed by atoms with van der Waals surface area (Å²) in [5, 5.41) is 5.66. The molecule has 0 aliphatic rings. The maximum atomic E-state index is 12.1. The molecule has 2 amide bonds. The van der Waals surface area contributed by atoms with Crippen molar-refractivity contribution >= 4 is 23.2 Å². The van der Waals surface area contributed by atoms with E-state index < -0.39 is 0 Å². The van der Waals surface area contributed by atoms with Crippen molar-refractivity contribution in [2.75, 3.05) is 17.2 Å². The van der Waals surface area contributed by atoms with Gasteiger partial charge in [-0.3, -0.25) is 9.59 Å². The number of hydrogen-bond acceptors (Lipinski definition) is 3. The Morgan fingerprint density at radius 1 is 0.926 bits per heavy atom. The normalized spacial score (nSPS) is 10.3. The lowest BCUT2D eigenvalue weighted by Gasteiger charge is -2.11. The first-order valence-corrected chi connectivity index (χ1v) is 9.37. The molecule has 0 aliphatic heterocycles. The highest BCUT2D eigenvalue weighted by atomic mass is 16.5. The molecule has 0 atom stereocenters. The van der Waals surface area contributed by atoms with E-state index in [1.54, 1.807) is 24.3 Å². The second kappa shape index (κ2) is 10.4. The number of ether oxygens (including phenoxy) is 1. The van der Waals surface area contributed by atoms with Crippen molar-refractivity contribution in [1.82, 2.24) is 0 Å². The molecule has 144 valence electrons. The minimum Gasteiger partial charge on any atom is -0.483 e. The van der Waals surface area contributed by atoms with E-state index >= 15 is 0 Å². The fourth-order valence-electron chi connectivity index (χ4n) is 2.74. The number of anilines is 2. The summed E-state index contributed by atoms with van der Waals surface area (Å²) in [7, 11) is 0. The Balaban J connectivity index is 1.85. The van der Waals surface area contributed by atoms with Gasteiger partial charge < -0.3 is 15.4 Å². The molecular weight excluding hydrogens is 340 g/mol. The van der Waals surface area contributed by atoms with Crippen molar-refractivity contribution in [1.29, 1.82) is 0 Å². The van der Waals surface area contributed by atoms with Crippen LogP contribution in [0.5, 0.6) is 5.75 Å². The molecule has 0 bridgehead atoms. The SMILES string of the molecule is CCCCCC(=O)Nc1cccc(NC(=O)COc2ccc(C)cc2C)c1. The molecule has 5 nitrogen and oxygen atoms in total. The van der Waals surface area contributed by atoms with E-state index in [0.717, 1.165) is 30.4 Å². The number of benzene rings is 2. The largest absolute Gasteiger partial charge is 0.483 e. The Morgan fingerprint density at radius 3 is 2.30 bits per heavy atom. The van der Waals surface area contributed by atoms with Crippen LogP contribution in [0.25, 0.3) is 0 Å². The van der Waals surface area contributed by atoms with Gasteiger partial charge in [0, 0.05) is 17.8 Å². The standard InChI is InChI=1S/C22H28N2O3/c1-4-5-6-10-21(25)23-18-8-7-9-19(14-18)24-22(26)15-27-20-12-11-16(2)13-17(20)3/h7-9,11-14H,4-6,10,15H2,1-3H3,(H,23,25)(H,24,26). The number of carbonyl (C=O) groups excluding carboxylic acids is 2. The smallest absolute Gasteiger partial charge is 0.262 e. The lowest BCUT2D eigenvalue weighted by Crippen LogP contribution is -2.20. The number of hydrogen-bond donors (Lipinski definition) is 2. The van der Waals surface area contributed by atoms with Crippen molar-refractivity contribution in [3.8, 4) is 5.75 Å². The van der Waals surface area contributed by atoms with Crippen molar-refractivity contribution in [2.45, 2.75) is 46.5 Å². The van der Waals surface area contributed by atoms with E-state index in [4.69, 9.17) is 4.74 Å². The van der Waals surface area contributed by atoms with Crippen LogP contribution in [-0.2, 0) is 9.59 Å². The maximum Gasteiger partial charge on any atom is 0.262 e. The van der Waals surface area contributed by atoms with Crippen molar-refractivity contribution in [3.63, 3.8) is 0 Å². The molecule has 2 aromatic carbocycles. The molecule has 27 heavy (non-hydrogen) atoms. The Labute approximate surface area is 161 Å². The first-order valence-electron chi connectivity index (χ1n) is 9.37. The van der Waals surface area contributed by atoms with E-state index in [2.05, 4.69) is 17.6 Å². The van der Waals surface area contributed by atoms with Gasteiger partial charge >= 0.3 is 0 Å². The third-order valence-corrected chi connectivity index (χ3v) is 4.13. The molecule has 0 saturated carbocycles. The zero-order valence-corrected chi connectivity index (χ0v) is 16.3. The summed E-state index contributed by atoms with van der Waals surface area (Å²) in [6.45, 7) is 6.00. The van der Waals surface area contributed by atoms with Crippen LogP contribution in [0.1, 0.15) is 43.7 Å². The van der Waals surface area contributed by atoms with Gasteiger partial charge in [-0.25, -0.2) is 0 Å². The van der Waals surface area contributed by atoms with Crippen molar-refractivity contribution < 1.29 is 14.3 Å². The third-order valence-electron chi connectivity index (χ3n) is 4.13. The minimum absolute atomic E-state index is 0.00916. The predicted molar refractivity (Wildman–Crippen MR) is 109 cm³/mol. The quantitative estimate of drug-likeness (QED) is 0.622. The zero-order valence-electron chi connectivity index (χ0n) is 16.3. The highest BCUT2D eigenvalue weighted by molar-refractivity contribution is 5.94. The van der Waals surface area contributed by atoms with Crippen LogP contribution >= 0.6 is 0 Å². The molecule has 2 aromatic rings. The first kappa shape index (κ1) is 20.5. The van der Waals surface area contributed by atoms with Gasteiger partial charge in [0.05, 0.1) is 0 Å². The maximum absolute atomic E-state index is 12.1. The van der Waals surface area contributed by atoms with Gasteiger partial charge in [0.25, 0.3) is 5.91 Å². The van der Waals surface area contributed by atoms with Crippen LogP contribution < -0.4 is 15.4 Å². The molecule has 0 heterocycles. The lowest BCUT2D eigenvalue weighted by molar-refractivity contribution is -0.118. The van der Waals surface area contributed by atoms with Crippen LogP contribution in [0, 0.1) is 13.8 Å². The average Bonchev–Trinajstić information content (AvgIpc) is 2.61. The van der Waals surface area contributed by atoms with Crippen LogP contribution in [0.15, 0.2) is 42.5 Å². The molecule has 2 N–H and O–H groups in total. The lowest BCUT2D eigenvalue weighted by atomic mass is 10.1. The fraction of sp³-hybridized carbons (Fsp3) is 0.364. The molecule has 5 heteroatoms. The summed E-state index contributed by atoms with van der Waals surface area (Å²) < 4.78 is 5.59. The third kappa shape index (κ3) is 7.13. The van der Waals surface area contributed by atoms with Gasteiger partial charge in [0.2, 0.25) is 5.91 Å². The summed E-state index contributed by atoms with van der Waals surface area (Å²) in [5.41, 5.74) is 3.44. The van der Waals surface area contributed by atoms with Crippen LogP contribution in [0.4, 0.5) is 11.4 Å². The molecule has 0 aliphatic carbocycles. The molecule has 0 aromatic heterocycles. The first-order chi connectivity index (χ1) is 13.0. The zero-order chi connectivity index (χ0) is 19.6. The van der Waals surface area contributed by atoms with Crippen LogP contribution in [0.3, 0.4) is 0 Å². The summed E-state index contributed by atoms with van der Waals surface area (Å²) in [4.78, 5) is 24.1. The Morgan fingerprint density at radius 2 is 1.63 bits per heavy atom. The Bertz CT molecular complexity index is 787. The fourth-order valence-corrected chi connectivity index (χ4v) is 2.74. The predicted octanol–water partition coefficient (Wildman–Crippen LogP) is 4.84. The van der Waals surface area contributed by atoms with Crippen LogP contribution in [0.2, 0.25) is 0 Å². The van der Waals surface area contributed by atoms with Gasteiger partial charge in [-0.1, -0.05) is 43.5 Å². The monoisotopic (exact) mass is 368 g/mol. The van der Waals surface area contributed by atoms with Gasteiger partial charge in [-0.2, -0.15) is 0 Å². The van der Waals surface area contributed by atoms with Crippen molar-refractivity contribution in [2.24, 2.45) is 0 Å². The van der Waals surface area contributed by atoms with E-state index in [1.807, 2.05) is 32.0 Å². The Kier molecular flexibility index (Phi) is 7.86. The van der Waals surface area contributed by atoms with Gasteiger partial charge in [-0.15, -0.1) is 0 Å². The number of nitrogens with one attached hydrogen (secondary N) is 2. The van der Waals surface area contributed by atoms with E-state index in [1.165, 1.54) is 0 Å². The molecular formula is C22H28N2O3. The highest BCUT2D eigenvalue weighted by Gasteiger charge is 2.07. The van der Waals surface area contributed by atoms with Gasteiger partial charge in [0.1, 0.15) is 5.75 Å². The van der Waals surface area contributed by atoms with E-state index in [-0.39, 0.29) is 18.4 Å². The van der Waals surface area contributed by atoms with E-state index in [9.17, 15) is 9.59 Å². The number of rotatable bonds is 9. The highest BCUT2D eigenvalue weighted by Crippen LogP contribution is 2.19. The molecule has 0 saturated heterocycles. The molecule has 2 rings (SSSR count). The molecule has 0 fully saturated rings. The summed E-state index contributed by atoms with van der Waals surface area (Å²) in [6.07, 6.45) is 3.52. The number of amides is 2. The number of unbranched alkanes of at least 4 members (excludes halogenated alkanes) is 2. The molecule has 0 spiro atoms. The topological polar surface area (TPSA) is 67.4 Å². The van der Waals surface area contributed by atoms with Gasteiger partial charge in [-0.05, 0) is 50.1 Å². The summed E-state index contributed by atoms with van der Waals surface area (Å²) >= 11 is 0. The molecule has 0 unspecified atom stereocenters. The van der Waals surface area contributed by atoms with E-state index in [0.29, 0.717) is 23.5 Å². The van der Waals surface area contributed by atoms with Gasteiger partial charge in [0.15, 0.2) is 6.61 Å². The number of aryl methyl sites for hydroxylation is 2. The van der Waals surface area contributed by atoms with Crippen molar-refractivity contribution in [3.05, 3.63) is 53.6 Å². The minimum atomic E-state index is -0.249. The average molecular weight is 368 g/mol. The second-order valence-electron chi connectivity index (χ2n) is 6.69. The Hall–Kier alpha value is -2.82. The summed E-state index contributed by atoms with van der Waals surface area (Å²) in [5.74, 6) is 0.440. The summed E-state index contributed by atoms with van der Waals surface area (Å²) in [6, 6.07) is 13.0.